The minimum absolute atomic E-state index is 0.00848. The van der Waals surface area contributed by atoms with Crippen molar-refractivity contribution in [1.29, 1.82) is 0 Å². The number of nitrogens with zero attached hydrogens (tertiary/aromatic N) is 4. The molecule has 39 heavy (non-hydrogen) atoms. The third-order valence-electron chi connectivity index (χ3n) is 7.85. The van der Waals surface area contributed by atoms with Crippen LogP contribution in [0.5, 0.6) is 11.5 Å². The zero-order valence-corrected chi connectivity index (χ0v) is 21.9. The number of benzene rings is 3. The van der Waals surface area contributed by atoms with E-state index in [2.05, 4.69) is 15.6 Å². The molecule has 9 heteroatoms. The summed E-state index contributed by atoms with van der Waals surface area (Å²) in [6.45, 7) is 2.51. The molecule has 1 aromatic heterocycles. The highest BCUT2D eigenvalue weighted by atomic mass is 16.7. The predicted octanol–water partition coefficient (Wildman–Crippen LogP) is 4.84. The molecule has 0 radical (unpaired) electrons. The lowest BCUT2D eigenvalue weighted by Crippen LogP contribution is -2.60. The van der Waals surface area contributed by atoms with E-state index in [1.54, 1.807) is 27.8 Å². The van der Waals surface area contributed by atoms with Crippen molar-refractivity contribution in [2.75, 3.05) is 12.1 Å². The number of amides is 2. The van der Waals surface area contributed by atoms with Crippen molar-refractivity contribution in [2.45, 2.75) is 57.7 Å². The molecule has 0 spiro atoms. The van der Waals surface area contributed by atoms with E-state index in [1.165, 1.54) is 0 Å². The van der Waals surface area contributed by atoms with Gasteiger partial charge in [0.2, 0.25) is 18.6 Å². The van der Waals surface area contributed by atoms with Crippen LogP contribution in [0.2, 0.25) is 0 Å². The number of hydrogen-bond donors (Lipinski definition) is 1. The Morgan fingerprint density at radius 3 is 2.59 bits per heavy atom. The molecule has 1 fully saturated rings. The fraction of sp³-hybridized carbons (Fsp3) is 0.333. The molecule has 3 aromatic carbocycles. The van der Waals surface area contributed by atoms with Crippen LogP contribution >= 0.6 is 0 Å². The van der Waals surface area contributed by atoms with Crippen molar-refractivity contribution in [2.24, 2.45) is 0 Å². The van der Waals surface area contributed by atoms with Gasteiger partial charge in [-0.2, -0.15) is 0 Å². The third kappa shape index (κ3) is 4.80. The number of ether oxygens (including phenoxy) is 2. The lowest BCUT2D eigenvalue weighted by Gasteiger charge is -2.45. The normalized spacial score (nSPS) is 15.7. The molecule has 2 heterocycles. The number of aryl methyl sites for hydroxylation is 1. The third-order valence-corrected chi connectivity index (χ3v) is 7.85. The fourth-order valence-electron chi connectivity index (χ4n) is 5.66. The molecule has 0 atom stereocenters. The van der Waals surface area contributed by atoms with Crippen LogP contribution in [-0.4, -0.2) is 44.0 Å². The second-order valence-electron chi connectivity index (χ2n) is 10.3. The average molecular weight is 526 g/mol. The molecule has 2 aliphatic rings. The van der Waals surface area contributed by atoms with E-state index in [0.717, 1.165) is 41.4 Å². The van der Waals surface area contributed by atoms with E-state index in [-0.39, 0.29) is 25.2 Å². The maximum absolute atomic E-state index is 14.2. The molecule has 6 rings (SSSR count). The van der Waals surface area contributed by atoms with Crippen LogP contribution in [0, 0.1) is 6.92 Å². The number of para-hydroxylation sites is 1. The summed E-state index contributed by atoms with van der Waals surface area (Å²) in [5.41, 5.74) is 3.19. The van der Waals surface area contributed by atoms with Crippen molar-refractivity contribution < 1.29 is 19.1 Å². The molecule has 1 aliphatic heterocycles. The van der Waals surface area contributed by atoms with E-state index in [4.69, 9.17) is 9.47 Å². The van der Waals surface area contributed by atoms with Gasteiger partial charge in [-0.15, -0.1) is 5.10 Å². The van der Waals surface area contributed by atoms with Gasteiger partial charge in [0.25, 0.3) is 0 Å². The largest absolute Gasteiger partial charge is 0.454 e. The summed E-state index contributed by atoms with van der Waals surface area (Å²) in [7, 11) is 0. The predicted molar refractivity (Wildman–Crippen MR) is 146 cm³/mol. The number of rotatable bonds is 7. The molecule has 9 nitrogen and oxygen atoms in total. The van der Waals surface area contributed by atoms with E-state index in [1.807, 2.05) is 55.5 Å². The van der Waals surface area contributed by atoms with Crippen LogP contribution in [-0.2, 0) is 22.7 Å². The number of carbonyl (C=O) groups is 2. The van der Waals surface area contributed by atoms with Crippen molar-refractivity contribution in [3.05, 3.63) is 77.9 Å². The van der Waals surface area contributed by atoms with Gasteiger partial charge in [0.05, 0.1) is 5.52 Å². The van der Waals surface area contributed by atoms with E-state index < -0.39 is 5.54 Å². The minimum Gasteiger partial charge on any atom is -0.454 e. The molecular weight excluding hydrogens is 494 g/mol. The van der Waals surface area contributed by atoms with Gasteiger partial charge in [0.1, 0.15) is 17.6 Å². The number of nitrogens with one attached hydrogen (secondary N) is 1. The van der Waals surface area contributed by atoms with Crippen molar-refractivity contribution in [3.8, 4) is 11.5 Å². The van der Waals surface area contributed by atoms with Crippen LogP contribution in [0.15, 0.2) is 66.7 Å². The van der Waals surface area contributed by atoms with Crippen molar-refractivity contribution >= 4 is 28.5 Å². The number of carbonyl (C=O) groups excluding carboxylic acids is 2. The zero-order valence-electron chi connectivity index (χ0n) is 21.9. The number of fused-ring (bicyclic) bond motifs is 2. The summed E-state index contributed by atoms with van der Waals surface area (Å²) >= 11 is 0. The monoisotopic (exact) mass is 525 g/mol. The van der Waals surface area contributed by atoms with Crippen LogP contribution < -0.4 is 14.8 Å². The summed E-state index contributed by atoms with van der Waals surface area (Å²) < 4.78 is 12.6. The van der Waals surface area contributed by atoms with E-state index in [0.29, 0.717) is 36.6 Å². The molecule has 1 aliphatic carbocycles. The van der Waals surface area contributed by atoms with Gasteiger partial charge in [-0.3, -0.25) is 9.59 Å². The highest BCUT2D eigenvalue weighted by Gasteiger charge is 2.47. The van der Waals surface area contributed by atoms with E-state index in [9.17, 15) is 9.59 Å². The van der Waals surface area contributed by atoms with Gasteiger partial charge in [0.15, 0.2) is 11.5 Å². The highest BCUT2D eigenvalue weighted by Crippen LogP contribution is 2.38. The molecule has 0 saturated heterocycles. The highest BCUT2D eigenvalue weighted by molar-refractivity contribution is 6.01. The Morgan fingerprint density at radius 1 is 0.974 bits per heavy atom. The second-order valence-corrected chi connectivity index (χ2v) is 10.3. The lowest BCUT2D eigenvalue weighted by molar-refractivity contribution is -0.149. The first kappa shape index (κ1) is 24.9. The summed E-state index contributed by atoms with van der Waals surface area (Å²) in [5, 5.41) is 11.6. The Balaban J connectivity index is 1.36. The Bertz CT molecular complexity index is 1520. The molecule has 4 aromatic rings. The standard InChI is InChI=1S/C30H31N5O4/c1-21-9-3-4-10-22(21)18-34(28(36)19-35-25-12-6-5-11-24(25)32-33-35)30(15-7-2-8-16-30)29(37)31-23-13-14-26-27(17-23)39-20-38-26/h3-6,9-14,17H,2,7-8,15-16,18-20H2,1H3,(H,31,37). The summed E-state index contributed by atoms with van der Waals surface area (Å²) in [6, 6.07) is 20.9. The van der Waals surface area contributed by atoms with E-state index >= 15 is 0 Å². The van der Waals surface area contributed by atoms with Gasteiger partial charge in [-0.25, -0.2) is 4.68 Å². The Kier molecular flexibility index (Phi) is 6.64. The quantitative estimate of drug-likeness (QED) is 0.371. The Labute approximate surface area is 226 Å². The summed E-state index contributed by atoms with van der Waals surface area (Å²) in [6.07, 6.45) is 3.91. The lowest BCUT2D eigenvalue weighted by atomic mass is 9.78. The second kappa shape index (κ2) is 10.4. The average Bonchev–Trinajstić information content (AvgIpc) is 3.60. The maximum Gasteiger partial charge on any atom is 0.250 e. The van der Waals surface area contributed by atoms with Crippen LogP contribution in [0.3, 0.4) is 0 Å². The number of anilines is 1. The molecule has 0 bridgehead atoms. The van der Waals surface area contributed by atoms with Gasteiger partial charge in [-0.1, -0.05) is 60.9 Å². The Hall–Kier alpha value is -4.40. The van der Waals surface area contributed by atoms with Crippen LogP contribution in [0.1, 0.15) is 43.2 Å². The first-order valence-corrected chi connectivity index (χ1v) is 13.4. The van der Waals surface area contributed by atoms with Gasteiger partial charge >= 0.3 is 0 Å². The van der Waals surface area contributed by atoms with Crippen molar-refractivity contribution in [1.82, 2.24) is 19.9 Å². The first-order chi connectivity index (χ1) is 19.0. The summed E-state index contributed by atoms with van der Waals surface area (Å²) in [4.78, 5) is 30.2. The van der Waals surface area contributed by atoms with Crippen LogP contribution in [0.4, 0.5) is 5.69 Å². The molecule has 0 unspecified atom stereocenters. The first-order valence-electron chi connectivity index (χ1n) is 13.4. The maximum atomic E-state index is 14.2. The Morgan fingerprint density at radius 2 is 1.74 bits per heavy atom. The zero-order chi connectivity index (χ0) is 26.8. The molecule has 2 amide bonds. The topological polar surface area (TPSA) is 98.6 Å². The summed E-state index contributed by atoms with van der Waals surface area (Å²) in [5.74, 6) is 0.885. The molecular formula is C30H31N5O4. The SMILES string of the molecule is Cc1ccccc1CN(C(=O)Cn1nnc2ccccc21)C1(C(=O)Nc2ccc3c(c2)OCO3)CCCCC1. The van der Waals surface area contributed by atoms with Gasteiger partial charge in [0, 0.05) is 18.3 Å². The van der Waals surface area contributed by atoms with Gasteiger partial charge < -0.3 is 19.7 Å². The number of hydrogen-bond acceptors (Lipinski definition) is 6. The smallest absolute Gasteiger partial charge is 0.250 e. The van der Waals surface area contributed by atoms with Crippen LogP contribution in [0.25, 0.3) is 11.0 Å². The minimum atomic E-state index is -1.01. The molecule has 1 N–H and O–H groups in total. The molecule has 200 valence electrons. The molecule has 1 saturated carbocycles. The van der Waals surface area contributed by atoms with Gasteiger partial charge in [-0.05, 0) is 55.2 Å². The number of aromatic nitrogens is 3. The fourth-order valence-corrected chi connectivity index (χ4v) is 5.66. The van der Waals surface area contributed by atoms with Crippen molar-refractivity contribution in [3.63, 3.8) is 0 Å².